The van der Waals surface area contributed by atoms with Gasteiger partial charge in [0.25, 0.3) is 0 Å². The van der Waals surface area contributed by atoms with E-state index in [2.05, 4.69) is 0 Å². The highest BCUT2D eigenvalue weighted by Crippen LogP contribution is 2.27. The van der Waals surface area contributed by atoms with Crippen LogP contribution in [-0.2, 0) is 10.0 Å². The lowest BCUT2D eigenvalue weighted by atomic mass is 10.3. The molecular formula is C10H11ClFNO3S. The van der Waals surface area contributed by atoms with Crippen LogP contribution in [0.25, 0.3) is 0 Å². The van der Waals surface area contributed by atoms with Crippen LogP contribution >= 0.6 is 11.6 Å². The largest absolute Gasteiger partial charge is 0.392 e. The van der Waals surface area contributed by atoms with Gasteiger partial charge >= 0.3 is 0 Å². The average molecular weight is 280 g/mol. The van der Waals surface area contributed by atoms with Crippen molar-refractivity contribution in [2.24, 2.45) is 0 Å². The van der Waals surface area contributed by atoms with Crippen molar-refractivity contribution in [2.45, 2.75) is 17.4 Å². The van der Waals surface area contributed by atoms with Crippen LogP contribution in [0.1, 0.15) is 6.42 Å². The van der Waals surface area contributed by atoms with Gasteiger partial charge in [-0.3, -0.25) is 0 Å². The lowest BCUT2D eigenvalue weighted by molar-refractivity contribution is 0.189. The minimum Gasteiger partial charge on any atom is -0.392 e. The summed E-state index contributed by atoms with van der Waals surface area (Å²) >= 11 is 5.76. The lowest BCUT2D eigenvalue weighted by Gasteiger charge is -2.16. The van der Waals surface area contributed by atoms with Crippen molar-refractivity contribution in [3.8, 4) is 0 Å². The minimum absolute atomic E-state index is 0.0206. The fourth-order valence-electron chi connectivity index (χ4n) is 1.74. The predicted octanol–water partition coefficient (Wildman–Crippen LogP) is 1.23. The molecule has 0 spiro atoms. The van der Waals surface area contributed by atoms with Crippen LogP contribution in [0.5, 0.6) is 0 Å². The van der Waals surface area contributed by atoms with E-state index in [4.69, 9.17) is 11.6 Å². The second-order valence-electron chi connectivity index (χ2n) is 3.88. The second-order valence-corrected chi connectivity index (χ2v) is 6.19. The molecule has 1 N–H and O–H groups in total. The van der Waals surface area contributed by atoms with E-state index in [0.29, 0.717) is 6.42 Å². The zero-order valence-corrected chi connectivity index (χ0v) is 10.4. The van der Waals surface area contributed by atoms with Crippen LogP contribution in [0.4, 0.5) is 4.39 Å². The molecule has 0 aromatic heterocycles. The topological polar surface area (TPSA) is 57.6 Å². The molecule has 0 unspecified atom stereocenters. The number of sulfonamides is 1. The second kappa shape index (κ2) is 4.53. The summed E-state index contributed by atoms with van der Waals surface area (Å²) in [6.07, 6.45) is -0.288. The maximum Gasteiger partial charge on any atom is 0.244 e. The van der Waals surface area contributed by atoms with Gasteiger partial charge < -0.3 is 5.11 Å². The van der Waals surface area contributed by atoms with Crippen LogP contribution in [0, 0.1) is 5.82 Å². The van der Waals surface area contributed by atoms with E-state index in [-0.39, 0.29) is 23.0 Å². The Hall–Kier alpha value is -0.690. The zero-order chi connectivity index (χ0) is 12.6. The number of hydrogen-bond donors (Lipinski definition) is 1. The monoisotopic (exact) mass is 279 g/mol. The molecule has 1 heterocycles. The van der Waals surface area contributed by atoms with E-state index in [0.717, 1.165) is 16.4 Å². The predicted molar refractivity (Wildman–Crippen MR) is 60.8 cm³/mol. The number of halogens is 2. The molecule has 1 aromatic rings. The van der Waals surface area contributed by atoms with E-state index in [1.165, 1.54) is 6.07 Å². The summed E-state index contributed by atoms with van der Waals surface area (Å²) in [7, 11) is -3.82. The highest BCUT2D eigenvalue weighted by atomic mass is 35.5. The van der Waals surface area contributed by atoms with E-state index in [9.17, 15) is 17.9 Å². The van der Waals surface area contributed by atoms with Gasteiger partial charge in [-0.2, -0.15) is 4.31 Å². The quantitative estimate of drug-likeness (QED) is 0.886. The normalized spacial score (nSPS) is 21.9. The summed E-state index contributed by atoms with van der Waals surface area (Å²) in [5.41, 5.74) is 0. The maximum atomic E-state index is 13.1. The zero-order valence-electron chi connectivity index (χ0n) is 8.81. The van der Waals surface area contributed by atoms with Crippen LogP contribution < -0.4 is 0 Å². The minimum atomic E-state index is -3.82. The Balaban J connectivity index is 2.41. The van der Waals surface area contributed by atoms with Crippen LogP contribution in [-0.4, -0.2) is 37.0 Å². The number of hydrogen-bond acceptors (Lipinski definition) is 3. The molecule has 0 radical (unpaired) electrons. The van der Waals surface area contributed by atoms with E-state index >= 15 is 0 Å². The molecule has 17 heavy (non-hydrogen) atoms. The van der Waals surface area contributed by atoms with Gasteiger partial charge in [0.15, 0.2) is 0 Å². The van der Waals surface area contributed by atoms with Gasteiger partial charge in [0.05, 0.1) is 11.1 Å². The van der Waals surface area contributed by atoms with Gasteiger partial charge in [0.1, 0.15) is 10.7 Å². The SMILES string of the molecule is O=S(=O)(c1cc(F)ccc1Cl)N1CC[C@@H](O)C1. The first-order chi connectivity index (χ1) is 7.91. The van der Waals surface area contributed by atoms with Crippen molar-refractivity contribution in [2.75, 3.05) is 13.1 Å². The fourth-order valence-corrected chi connectivity index (χ4v) is 3.72. The molecule has 1 aromatic carbocycles. The molecule has 4 nitrogen and oxygen atoms in total. The molecule has 0 saturated carbocycles. The molecule has 0 bridgehead atoms. The smallest absolute Gasteiger partial charge is 0.244 e. The van der Waals surface area contributed by atoms with Gasteiger partial charge in [-0.1, -0.05) is 11.6 Å². The summed E-state index contributed by atoms with van der Waals surface area (Å²) in [6, 6.07) is 3.19. The van der Waals surface area contributed by atoms with Crippen LogP contribution in [0.15, 0.2) is 23.1 Å². The van der Waals surface area contributed by atoms with Gasteiger partial charge in [0, 0.05) is 13.1 Å². The first-order valence-electron chi connectivity index (χ1n) is 5.04. The molecule has 1 aliphatic heterocycles. The number of β-amino-alcohol motifs (C(OH)–C–C–N with tert-alkyl or cyclic N) is 1. The molecule has 1 aliphatic rings. The molecule has 1 fully saturated rings. The summed E-state index contributed by atoms with van der Waals surface area (Å²) in [5, 5.41) is 9.30. The van der Waals surface area contributed by atoms with Crippen LogP contribution in [0.2, 0.25) is 5.02 Å². The molecular weight excluding hydrogens is 269 g/mol. The third-order valence-corrected chi connectivity index (χ3v) is 4.98. The Labute approximate surface area is 104 Å². The van der Waals surface area contributed by atoms with Crippen molar-refractivity contribution in [3.05, 3.63) is 29.0 Å². The number of nitrogens with zero attached hydrogens (tertiary/aromatic N) is 1. The Kier molecular flexibility index (Phi) is 3.40. The van der Waals surface area contributed by atoms with Crippen molar-refractivity contribution >= 4 is 21.6 Å². The molecule has 7 heteroatoms. The first kappa shape index (κ1) is 12.8. The summed E-state index contributed by atoms with van der Waals surface area (Å²) < 4.78 is 38.4. The summed E-state index contributed by atoms with van der Waals surface area (Å²) in [4.78, 5) is -0.256. The van der Waals surface area contributed by atoms with Crippen molar-refractivity contribution < 1.29 is 17.9 Å². The van der Waals surface area contributed by atoms with E-state index < -0.39 is 21.9 Å². The van der Waals surface area contributed by atoms with E-state index in [1.807, 2.05) is 0 Å². The Morgan fingerprint density at radius 1 is 1.47 bits per heavy atom. The van der Waals surface area contributed by atoms with Gasteiger partial charge in [-0.25, -0.2) is 12.8 Å². The van der Waals surface area contributed by atoms with E-state index in [1.54, 1.807) is 0 Å². The average Bonchev–Trinajstić information content (AvgIpc) is 2.69. The van der Waals surface area contributed by atoms with Crippen LogP contribution in [0.3, 0.4) is 0 Å². The van der Waals surface area contributed by atoms with Crippen molar-refractivity contribution in [1.29, 1.82) is 0 Å². The summed E-state index contributed by atoms with van der Waals surface area (Å²) in [5.74, 6) is -0.660. The standard InChI is InChI=1S/C10H11ClFNO3S/c11-9-2-1-7(12)5-10(9)17(15,16)13-4-3-8(14)6-13/h1-2,5,8,14H,3-4,6H2/t8-/m1/s1. The number of aliphatic hydroxyl groups excluding tert-OH is 1. The molecule has 1 saturated heterocycles. The maximum absolute atomic E-state index is 13.1. The Morgan fingerprint density at radius 3 is 2.76 bits per heavy atom. The molecule has 1 atom stereocenters. The Bertz CT molecular complexity index is 534. The van der Waals surface area contributed by atoms with Crippen molar-refractivity contribution in [1.82, 2.24) is 4.31 Å². The van der Waals surface area contributed by atoms with Gasteiger partial charge in [-0.15, -0.1) is 0 Å². The number of benzene rings is 1. The lowest BCUT2D eigenvalue weighted by Crippen LogP contribution is -2.30. The highest BCUT2D eigenvalue weighted by Gasteiger charge is 2.33. The highest BCUT2D eigenvalue weighted by molar-refractivity contribution is 7.89. The molecule has 0 amide bonds. The number of rotatable bonds is 2. The number of aliphatic hydroxyl groups is 1. The molecule has 2 rings (SSSR count). The fraction of sp³-hybridized carbons (Fsp3) is 0.400. The van der Waals surface area contributed by atoms with Gasteiger partial charge in [0.2, 0.25) is 10.0 Å². The van der Waals surface area contributed by atoms with Crippen molar-refractivity contribution in [3.63, 3.8) is 0 Å². The van der Waals surface area contributed by atoms with Gasteiger partial charge in [-0.05, 0) is 24.6 Å². The third-order valence-electron chi connectivity index (χ3n) is 2.64. The summed E-state index contributed by atoms with van der Waals surface area (Å²) in [6.45, 7) is 0.242. The Morgan fingerprint density at radius 2 is 2.18 bits per heavy atom. The molecule has 0 aliphatic carbocycles. The third kappa shape index (κ3) is 2.44. The molecule has 94 valence electrons. The first-order valence-corrected chi connectivity index (χ1v) is 6.86.